The van der Waals surface area contributed by atoms with Crippen LogP contribution in [0.4, 0.5) is 0 Å². The highest BCUT2D eigenvalue weighted by Crippen LogP contribution is 2.40. The first-order valence-corrected chi connectivity index (χ1v) is 3.83. The molecule has 1 aliphatic carbocycles. The summed E-state index contributed by atoms with van der Waals surface area (Å²) in [6.45, 7) is 0.604. The molecule has 2 rings (SSSR count). The van der Waals surface area contributed by atoms with Gasteiger partial charge in [0.05, 0.1) is 0 Å². The Balaban J connectivity index is 2.09. The second-order valence-corrected chi connectivity index (χ2v) is 3.20. The number of carbonyl (C=O) groups is 1. The Hall–Kier alpha value is -0.570. The summed E-state index contributed by atoms with van der Waals surface area (Å²) in [6, 6.07) is 0.284. The number of hydrogen-bond acceptors (Lipinski definition) is 2. The average Bonchev–Trinajstić information content (AvgIpc) is 2.02. The Morgan fingerprint density at radius 2 is 2.40 bits per heavy atom. The number of hydrogen-bond donors (Lipinski definition) is 2. The van der Waals surface area contributed by atoms with E-state index in [1.54, 1.807) is 0 Å². The van der Waals surface area contributed by atoms with Gasteiger partial charge in [0.25, 0.3) is 0 Å². The Morgan fingerprint density at radius 3 is 2.70 bits per heavy atom. The first kappa shape index (κ1) is 6.16. The zero-order valence-electron chi connectivity index (χ0n) is 5.84. The molecule has 0 aromatic heterocycles. The quantitative estimate of drug-likeness (QED) is 0.514. The van der Waals surface area contributed by atoms with Gasteiger partial charge in [-0.25, -0.2) is 0 Å². The summed E-state index contributed by atoms with van der Waals surface area (Å²) in [6.07, 6.45) is 2.26. The molecule has 56 valence electrons. The molecular weight excluding hydrogens is 128 g/mol. The molecule has 3 unspecified atom stereocenters. The van der Waals surface area contributed by atoms with Crippen LogP contribution in [-0.4, -0.2) is 18.5 Å². The predicted molar refractivity (Wildman–Crippen MR) is 37.2 cm³/mol. The third-order valence-electron chi connectivity index (χ3n) is 2.76. The van der Waals surface area contributed by atoms with Gasteiger partial charge in [0.2, 0.25) is 5.91 Å². The lowest BCUT2D eigenvalue weighted by Gasteiger charge is -2.30. The standard InChI is InChI=1S/C7H12N2O/c8-3-6-4-1-2-5(4)7(10)9-6/h4-6H,1-3,8H2,(H,9,10). The first-order valence-electron chi connectivity index (χ1n) is 3.83. The van der Waals surface area contributed by atoms with Crippen molar-refractivity contribution in [1.82, 2.24) is 5.32 Å². The SMILES string of the molecule is NCC1NC(=O)C2CCC12. The lowest BCUT2D eigenvalue weighted by molar-refractivity contribution is -0.124. The van der Waals surface area contributed by atoms with Crippen LogP contribution in [0.1, 0.15) is 12.8 Å². The minimum Gasteiger partial charge on any atom is -0.352 e. The van der Waals surface area contributed by atoms with Gasteiger partial charge in [-0.2, -0.15) is 0 Å². The Kier molecular flexibility index (Phi) is 1.20. The zero-order valence-corrected chi connectivity index (χ0v) is 5.84. The fraction of sp³-hybridized carbons (Fsp3) is 0.857. The van der Waals surface area contributed by atoms with Crippen LogP contribution in [0.15, 0.2) is 0 Å². The molecule has 3 atom stereocenters. The van der Waals surface area contributed by atoms with Crippen molar-refractivity contribution in [3.8, 4) is 0 Å². The van der Waals surface area contributed by atoms with E-state index in [1.165, 1.54) is 6.42 Å². The smallest absolute Gasteiger partial charge is 0.223 e. The van der Waals surface area contributed by atoms with Crippen LogP contribution in [0.25, 0.3) is 0 Å². The Labute approximate surface area is 60.0 Å². The maximum absolute atomic E-state index is 11.0. The lowest BCUT2D eigenvalue weighted by Crippen LogP contribution is -2.37. The van der Waals surface area contributed by atoms with Crippen molar-refractivity contribution < 1.29 is 4.79 Å². The summed E-state index contributed by atoms with van der Waals surface area (Å²) < 4.78 is 0. The van der Waals surface area contributed by atoms with Crippen LogP contribution in [0.3, 0.4) is 0 Å². The minimum atomic E-state index is 0.228. The summed E-state index contributed by atoms with van der Waals surface area (Å²) in [5.41, 5.74) is 5.47. The summed E-state index contributed by atoms with van der Waals surface area (Å²) in [4.78, 5) is 11.0. The summed E-state index contributed by atoms with van der Waals surface area (Å²) >= 11 is 0. The fourth-order valence-electron chi connectivity index (χ4n) is 1.96. The van der Waals surface area contributed by atoms with Gasteiger partial charge in [0.1, 0.15) is 0 Å². The summed E-state index contributed by atoms with van der Waals surface area (Å²) in [7, 11) is 0. The molecule has 0 aromatic carbocycles. The van der Waals surface area contributed by atoms with Gasteiger partial charge in [0.15, 0.2) is 0 Å². The maximum Gasteiger partial charge on any atom is 0.223 e. The molecule has 0 bridgehead atoms. The van der Waals surface area contributed by atoms with E-state index in [9.17, 15) is 4.79 Å². The van der Waals surface area contributed by atoms with Crippen LogP contribution < -0.4 is 11.1 Å². The molecule has 0 spiro atoms. The van der Waals surface area contributed by atoms with Gasteiger partial charge in [-0.15, -0.1) is 0 Å². The summed E-state index contributed by atoms with van der Waals surface area (Å²) in [5.74, 6) is 1.11. The van der Waals surface area contributed by atoms with Crippen molar-refractivity contribution in [1.29, 1.82) is 0 Å². The van der Waals surface area contributed by atoms with E-state index in [2.05, 4.69) is 5.32 Å². The van der Waals surface area contributed by atoms with Crippen LogP contribution in [0.5, 0.6) is 0 Å². The van der Waals surface area contributed by atoms with Crippen molar-refractivity contribution in [2.75, 3.05) is 6.54 Å². The van der Waals surface area contributed by atoms with E-state index >= 15 is 0 Å². The van der Waals surface area contributed by atoms with Crippen LogP contribution in [0.2, 0.25) is 0 Å². The third kappa shape index (κ3) is 0.611. The van der Waals surface area contributed by atoms with Gasteiger partial charge < -0.3 is 11.1 Å². The van der Waals surface area contributed by atoms with Gasteiger partial charge in [-0.05, 0) is 18.8 Å². The van der Waals surface area contributed by atoms with Gasteiger partial charge in [0, 0.05) is 18.5 Å². The van der Waals surface area contributed by atoms with Crippen molar-refractivity contribution >= 4 is 5.91 Å². The number of fused-ring (bicyclic) bond motifs is 1. The highest BCUT2D eigenvalue weighted by atomic mass is 16.2. The maximum atomic E-state index is 11.0. The molecule has 10 heavy (non-hydrogen) atoms. The fourth-order valence-corrected chi connectivity index (χ4v) is 1.96. The molecular formula is C7H12N2O. The third-order valence-corrected chi connectivity index (χ3v) is 2.76. The van der Waals surface area contributed by atoms with Gasteiger partial charge in [-0.1, -0.05) is 0 Å². The number of rotatable bonds is 1. The van der Waals surface area contributed by atoms with Crippen LogP contribution >= 0.6 is 0 Å². The number of nitrogens with two attached hydrogens (primary N) is 1. The molecule has 3 nitrogen and oxygen atoms in total. The normalized spacial score (nSPS) is 44.1. The second-order valence-electron chi connectivity index (χ2n) is 3.20. The van der Waals surface area contributed by atoms with E-state index in [0.29, 0.717) is 18.4 Å². The molecule has 2 fully saturated rings. The van der Waals surface area contributed by atoms with E-state index in [4.69, 9.17) is 5.73 Å². The molecule has 1 amide bonds. The number of carbonyl (C=O) groups excluding carboxylic acids is 1. The minimum absolute atomic E-state index is 0.228. The molecule has 0 radical (unpaired) electrons. The molecule has 1 saturated heterocycles. The number of nitrogens with one attached hydrogen (secondary N) is 1. The molecule has 3 heteroatoms. The monoisotopic (exact) mass is 140 g/mol. The van der Waals surface area contributed by atoms with Crippen LogP contribution in [-0.2, 0) is 4.79 Å². The largest absolute Gasteiger partial charge is 0.352 e. The van der Waals surface area contributed by atoms with Gasteiger partial charge >= 0.3 is 0 Å². The lowest BCUT2D eigenvalue weighted by atomic mass is 9.73. The van der Waals surface area contributed by atoms with E-state index in [1.807, 2.05) is 0 Å². The van der Waals surface area contributed by atoms with Crippen molar-refractivity contribution in [3.63, 3.8) is 0 Å². The number of amides is 1. The molecule has 3 N–H and O–H groups in total. The Bertz CT molecular complexity index is 167. The van der Waals surface area contributed by atoms with Crippen molar-refractivity contribution in [3.05, 3.63) is 0 Å². The molecule has 2 aliphatic rings. The zero-order chi connectivity index (χ0) is 7.14. The van der Waals surface area contributed by atoms with Crippen LogP contribution in [0, 0.1) is 11.8 Å². The molecule has 1 aliphatic heterocycles. The van der Waals surface area contributed by atoms with E-state index < -0.39 is 0 Å². The average molecular weight is 140 g/mol. The molecule has 1 saturated carbocycles. The summed E-state index contributed by atoms with van der Waals surface area (Å²) in [5, 5.41) is 2.90. The van der Waals surface area contributed by atoms with E-state index in [0.717, 1.165) is 6.42 Å². The van der Waals surface area contributed by atoms with Gasteiger partial charge in [-0.3, -0.25) is 4.79 Å². The van der Waals surface area contributed by atoms with Crippen molar-refractivity contribution in [2.45, 2.75) is 18.9 Å². The highest BCUT2D eigenvalue weighted by molar-refractivity contribution is 5.82. The topological polar surface area (TPSA) is 55.1 Å². The molecule has 1 heterocycles. The predicted octanol–water partition coefficient (Wildman–Crippen LogP) is -0.530. The first-order chi connectivity index (χ1) is 4.83. The second kappa shape index (κ2) is 1.95. The highest BCUT2D eigenvalue weighted by Gasteiger charge is 2.47. The van der Waals surface area contributed by atoms with E-state index in [-0.39, 0.29) is 11.9 Å². The molecule has 0 aromatic rings. The Morgan fingerprint density at radius 1 is 1.60 bits per heavy atom. The van der Waals surface area contributed by atoms with Crippen molar-refractivity contribution in [2.24, 2.45) is 17.6 Å².